The number of rotatable bonds is 4. The summed E-state index contributed by atoms with van der Waals surface area (Å²) < 4.78 is 6.53. The summed E-state index contributed by atoms with van der Waals surface area (Å²) in [6.07, 6.45) is -1.29. The van der Waals surface area contributed by atoms with Crippen LogP contribution in [0.4, 0.5) is 0 Å². The van der Waals surface area contributed by atoms with E-state index in [2.05, 4.69) is 21.2 Å². The van der Waals surface area contributed by atoms with Crippen LogP contribution in [0.3, 0.4) is 0 Å². The summed E-state index contributed by atoms with van der Waals surface area (Å²) >= 11 is 3.36. The number of aliphatic hydroxyl groups is 1. The van der Waals surface area contributed by atoms with Crippen LogP contribution in [0.5, 0.6) is 5.75 Å². The highest BCUT2D eigenvalue weighted by atomic mass is 79.9. The largest absolute Gasteiger partial charge is 0.480 e. The molecule has 1 amide bonds. The first-order chi connectivity index (χ1) is 9.10. The number of amides is 1. The van der Waals surface area contributed by atoms with Gasteiger partial charge in [0.15, 0.2) is 6.10 Å². The standard InChI is InChI=1S/C15H22BrNO3/c1-9(18)12-7-6-11(16)8-13(12)20-10(2)14(19)17-15(3,4)5/h6-10,18H,1-5H3,(H,17,19)/t9-,10?/m1/s1. The predicted molar refractivity (Wildman–Crippen MR) is 82.8 cm³/mol. The average molecular weight is 344 g/mol. The third kappa shape index (κ3) is 5.13. The fourth-order valence-corrected chi connectivity index (χ4v) is 2.01. The van der Waals surface area contributed by atoms with Crippen LogP contribution in [0, 0.1) is 0 Å². The summed E-state index contributed by atoms with van der Waals surface area (Å²) in [7, 11) is 0. The molecule has 0 aliphatic rings. The molecule has 1 aromatic rings. The molecule has 0 bridgehead atoms. The lowest BCUT2D eigenvalue weighted by Crippen LogP contribution is -2.46. The number of halogens is 1. The number of nitrogens with one attached hydrogen (secondary N) is 1. The minimum Gasteiger partial charge on any atom is -0.480 e. The lowest BCUT2D eigenvalue weighted by molar-refractivity contribution is -0.128. The molecule has 1 rings (SSSR count). The van der Waals surface area contributed by atoms with Crippen molar-refractivity contribution in [3.8, 4) is 5.75 Å². The van der Waals surface area contributed by atoms with Gasteiger partial charge in [-0.05, 0) is 46.8 Å². The predicted octanol–water partition coefficient (Wildman–Crippen LogP) is 3.18. The van der Waals surface area contributed by atoms with E-state index in [4.69, 9.17) is 4.74 Å². The molecule has 20 heavy (non-hydrogen) atoms. The molecular weight excluding hydrogens is 322 g/mol. The first-order valence-electron chi connectivity index (χ1n) is 6.56. The minimum atomic E-state index is -0.657. The molecule has 0 radical (unpaired) electrons. The van der Waals surface area contributed by atoms with Crippen LogP contribution in [-0.2, 0) is 4.79 Å². The number of ether oxygens (including phenoxy) is 1. The summed E-state index contributed by atoms with van der Waals surface area (Å²) in [4.78, 5) is 12.0. The van der Waals surface area contributed by atoms with Crippen molar-refractivity contribution in [2.45, 2.75) is 52.4 Å². The Hall–Kier alpha value is -1.07. The molecule has 0 spiro atoms. The SMILES string of the molecule is CC(Oc1cc(Br)ccc1[C@@H](C)O)C(=O)NC(C)(C)C. The summed E-state index contributed by atoms with van der Waals surface area (Å²) in [6.45, 7) is 9.09. The van der Waals surface area contributed by atoms with Gasteiger partial charge in [-0.1, -0.05) is 22.0 Å². The Labute approximate surface area is 128 Å². The van der Waals surface area contributed by atoms with E-state index in [1.807, 2.05) is 26.8 Å². The van der Waals surface area contributed by atoms with Crippen molar-refractivity contribution in [1.82, 2.24) is 5.32 Å². The lowest BCUT2D eigenvalue weighted by atomic mass is 10.1. The summed E-state index contributed by atoms with van der Waals surface area (Å²) in [5.74, 6) is 0.319. The smallest absolute Gasteiger partial charge is 0.261 e. The zero-order valence-electron chi connectivity index (χ0n) is 12.5. The second kappa shape index (κ2) is 6.59. The van der Waals surface area contributed by atoms with Crippen LogP contribution in [0.1, 0.15) is 46.3 Å². The molecule has 4 nitrogen and oxygen atoms in total. The zero-order valence-corrected chi connectivity index (χ0v) is 14.1. The quantitative estimate of drug-likeness (QED) is 0.882. The van der Waals surface area contributed by atoms with Crippen LogP contribution in [0.2, 0.25) is 0 Å². The van der Waals surface area contributed by atoms with Gasteiger partial charge in [-0.15, -0.1) is 0 Å². The van der Waals surface area contributed by atoms with Gasteiger partial charge in [0.2, 0.25) is 0 Å². The Morgan fingerprint density at radius 1 is 1.35 bits per heavy atom. The van der Waals surface area contributed by atoms with Crippen LogP contribution in [-0.4, -0.2) is 22.7 Å². The van der Waals surface area contributed by atoms with Crippen LogP contribution in [0.15, 0.2) is 22.7 Å². The normalized spacial score (nSPS) is 14.6. The highest BCUT2D eigenvalue weighted by Crippen LogP contribution is 2.29. The molecular formula is C15H22BrNO3. The molecule has 0 saturated heterocycles. The van der Waals surface area contributed by atoms with Gasteiger partial charge in [-0.25, -0.2) is 0 Å². The van der Waals surface area contributed by atoms with Crippen LogP contribution < -0.4 is 10.1 Å². The van der Waals surface area contributed by atoms with Gasteiger partial charge in [0.25, 0.3) is 5.91 Å². The van der Waals surface area contributed by atoms with Crippen molar-refractivity contribution in [2.75, 3.05) is 0 Å². The third-order valence-electron chi connectivity index (χ3n) is 2.60. The fourth-order valence-electron chi connectivity index (χ4n) is 1.67. The summed E-state index contributed by atoms with van der Waals surface area (Å²) in [5, 5.41) is 12.6. The number of hydrogen-bond donors (Lipinski definition) is 2. The van der Waals surface area contributed by atoms with Gasteiger partial charge < -0.3 is 15.2 Å². The van der Waals surface area contributed by atoms with E-state index in [9.17, 15) is 9.90 Å². The van der Waals surface area contributed by atoms with Crippen molar-refractivity contribution < 1.29 is 14.6 Å². The molecule has 0 heterocycles. The molecule has 2 N–H and O–H groups in total. The molecule has 112 valence electrons. The van der Waals surface area contributed by atoms with Crippen LogP contribution in [0.25, 0.3) is 0 Å². The Kier molecular flexibility index (Phi) is 5.59. The molecule has 1 unspecified atom stereocenters. The van der Waals surface area contributed by atoms with Crippen molar-refractivity contribution >= 4 is 21.8 Å². The van der Waals surface area contributed by atoms with E-state index in [-0.39, 0.29) is 11.4 Å². The average Bonchev–Trinajstić information content (AvgIpc) is 2.26. The van der Waals surface area contributed by atoms with Gasteiger partial charge in [0.1, 0.15) is 5.75 Å². The van der Waals surface area contributed by atoms with Gasteiger partial charge >= 0.3 is 0 Å². The van der Waals surface area contributed by atoms with Crippen molar-refractivity contribution in [3.05, 3.63) is 28.2 Å². The molecule has 1 aromatic carbocycles. The van der Waals surface area contributed by atoms with Crippen molar-refractivity contribution in [3.63, 3.8) is 0 Å². The zero-order chi connectivity index (χ0) is 15.5. The van der Waals surface area contributed by atoms with E-state index in [1.54, 1.807) is 26.0 Å². The third-order valence-corrected chi connectivity index (χ3v) is 3.09. The Balaban J connectivity index is 2.87. The van der Waals surface area contributed by atoms with Crippen molar-refractivity contribution in [1.29, 1.82) is 0 Å². The number of aliphatic hydroxyl groups excluding tert-OH is 1. The van der Waals surface area contributed by atoms with E-state index >= 15 is 0 Å². The molecule has 2 atom stereocenters. The molecule has 0 saturated carbocycles. The highest BCUT2D eigenvalue weighted by Gasteiger charge is 2.22. The Morgan fingerprint density at radius 3 is 2.45 bits per heavy atom. The molecule has 5 heteroatoms. The van der Waals surface area contributed by atoms with E-state index in [0.29, 0.717) is 11.3 Å². The molecule has 0 aliphatic carbocycles. The minimum absolute atomic E-state index is 0.186. The topological polar surface area (TPSA) is 58.6 Å². The number of carbonyl (C=O) groups excluding carboxylic acids is 1. The molecule has 0 aliphatic heterocycles. The second-order valence-electron chi connectivity index (χ2n) is 5.86. The lowest BCUT2D eigenvalue weighted by Gasteiger charge is -2.24. The Bertz CT molecular complexity index is 480. The van der Waals surface area contributed by atoms with Crippen LogP contribution >= 0.6 is 15.9 Å². The monoisotopic (exact) mass is 343 g/mol. The number of hydrogen-bond acceptors (Lipinski definition) is 3. The Morgan fingerprint density at radius 2 is 1.95 bits per heavy atom. The van der Waals surface area contributed by atoms with E-state index < -0.39 is 12.2 Å². The maximum absolute atomic E-state index is 12.0. The van der Waals surface area contributed by atoms with Gasteiger partial charge in [-0.2, -0.15) is 0 Å². The summed E-state index contributed by atoms with van der Waals surface area (Å²) in [6, 6.07) is 5.36. The second-order valence-corrected chi connectivity index (χ2v) is 6.77. The first kappa shape index (κ1) is 17.0. The maximum Gasteiger partial charge on any atom is 0.261 e. The fraction of sp³-hybridized carbons (Fsp3) is 0.533. The van der Waals surface area contributed by atoms with E-state index in [1.165, 1.54) is 0 Å². The highest BCUT2D eigenvalue weighted by molar-refractivity contribution is 9.10. The molecule has 0 aromatic heterocycles. The van der Waals surface area contributed by atoms with Gasteiger partial charge in [-0.3, -0.25) is 4.79 Å². The van der Waals surface area contributed by atoms with Crippen molar-refractivity contribution in [2.24, 2.45) is 0 Å². The molecule has 0 fully saturated rings. The maximum atomic E-state index is 12.0. The number of carbonyl (C=O) groups is 1. The van der Waals surface area contributed by atoms with Gasteiger partial charge in [0.05, 0.1) is 6.10 Å². The summed E-state index contributed by atoms with van der Waals surface area (Å²) in [5.41, 5.74) is 0.350. The number of benzene rings is 1. The van der Waals surface area contributed by atoms with E-state index in [0.717, 1.165) is 4.47 Å². The first-order valence-corrected chi connectivity index (χ1v) is 7.35. The van der Waals surface area contributed by atoms with Gasteiger partial charge in [0, 0.05) is 15.6 Å².